The zero-order valence-electron chi connectivity index (χ0n) is 11.7. The molecule has 0 amide bonds. The number of nitro groups is 1. The summed E-state index contributed by atoms with van der Waals surface area (Å²) in [6, 6.07) is 0. The molecule has 1 atom stereocenters. The van der Waals surface area contributed by atoms with Crippen molar-refractivity contribution in [3.05, 3.63) is 22.1 Å². The Morgan fingerprint density at radius 3 is 2.27 bits per heavy atom. The van der Waals surface area contributed by atoms with E-state index in [-0.39, 0.29) is 31.1 Å². The highest BCUT2D eigenvalue weighted by Crippen LogP contribution is 2.14. The fourth-order valence-corrected chi connectivity index (χ4v) is 1.40. The first kappa shape index (κ1) is 19.8. The molecular formula is C11H16ClN3O7. The number of carboxylic acids is 2. The van der Waals surface area contributed by atoms with Crippen LogP contribution in [0.2, 0.25) is 0 Å². The topological polar surface area (TPSA) is 156 Å². The summed E-state index contributed by atoms with van der Waals surface area (Å²) in [4.78, 5) is 33.1. The van der Waals surface area contributed by atoms with Gasteiger partial charge in [-0.05, 0) is 4.92 Å². The van der Waals surface area contributed by atoms with Gasteiger partial charge in [0.1, 0.15) is 18.8 Å². The highest BCUT2D eigenvalue weighted by Gasteiger charge is 2.19. The van der Waals surface area contributed by atoms with Gasteiger partial charge >= 0.3 is 17.8 Å². The number of aliphatic carboxylic acids is 2. The number of aryl methyl sites for hydroxylation is 1. The van der Waals surface area contributed by atoms with E-state index in [1.807, 2.05) is 0 Å². The second-order valence-electron chi connectivity index (χ2n) is 4.13. The molecule has 124 valence electrons. The molecule has 1 aromatic rings. The van der Waals surface area contributed by atoms with Crippen LogP contribution in [0.4, 0.5) is 5.82 Å². The Labute approximate surface area is 130 Å². The number of nitrogens with zero attached hydrogens (tertiary/aromatic N) is 3. The summed E-state index contributed by atoms with van der Waals surface area (Å²) in [7, 11) is 0. The first-order valence-electron chi connectivity index (χ1n) is 6.03. The highest BCUT2D eigenvalue weighted by molar-refractivity contribution is 6.18. The summed E-state index contributed by atoms with van der Waals surface area (Å²) in [6.07, 6.45) is -0.232. The second-order valence-corrected chi connectivity index (χ2v) is 4.44. The van der Waals surface area contributed by atoms with Crippen LogP contribution < -0.4 is 0 Å². The lowest BCUT2D eigenvalue weighted by atomic mass is 10.3. The zero-order valence-corrected chi connectivity index (χ0v) is 12.4. The molecule has 0 aliphatic heterocycles. The van der Waals surface area contributed by atoms with E-state index in [0.29, 0.717) is 5.82 Å². The molecule has 1 rings (SSSR count). The lowest BCUT2D eigenvalue weighted by Gasteiger charge is -2.06. The number of aliphatic hydroxyl groups is 1. The summed E-state index contributed by atoms with van der Waals surface area (Å²) in [5.74, 6) is -1.76. The minimum absolute atomic E-state index is 0.0365. The molecule has 0 fully saturated rings. The summed E-state index contributed by atoms with van der Waals surface area (Å²) in [6.45, 7) is 1.72. The first-order chi connectivity index (χ1) is 10.2. The number of aliphatic hydroxyl groups excluding tert-OH is 1. The molecule has 22 heavy (non-hydrogen) atoms. The number of carbonyl (C=O) groups is 2. The summed E-state index contributed by atoms with van der Waals surface area (Å²) in [5.41, 5.74) is 0. The average Bonchev–Trinajstić information content (AvgIpc) is 2.78. The molecule has 1 aromatic heterocycles. The third-order valence-corrected chi connectivity index (χ3v) is 2.70. The fraction of sp³-hybridized carbons (Fsp3) is 0.545. The van der Waals surface area contributed by atoms with E-state index in [4.69, 9.17) is 21.8 Å². The molecule has 3 N–H and O–H groups in total. The van der Waals surface area contributed by atoms with Gasteiger partial charge in [0.2, 0.25) is 0 Å². The van der Waals surface area contributed by atoms with Gasteiger partial charge < -0.3 is 25.4 Å². The van der Waals surface area contributed by atoms with Gasteiger partial charge in [-0.15, -0.1) is 11.6 Å². The van der Waals surface area contributed by atoms with E-state index >= 15 is 0 Å². The second kappa shape index (κ2) is 9.68. The quantitative estimate of drug-likeness (QED) is 0.371. The third-order valence-electron chi connectivity index (χ3n) is 2.35. The summed E-state index contributed by atoms with van der Waals surface area (Å²) >= 11 is 5.40. The standard InChI is InChI=1S/C7H10ClN3O3.C4H6O4/c1-5-9-3-7(11(13)14)10(5)4-6(12)2-8;5-3(6)1-2-4(7)8/h3,6,12H,2,4H2,1H3;1-2H2,(H,5,6)(H,7,8). The minimum Gasteiger partial charge on any atom is -0.481 e. The number of rotatable bonds is 7. The van der Waals surface area contributed by atoms with Crippen LogP contribution in [0.25, 0.3) is 0 Å². The van der Waals surface area contributed by atoms with Gasteiger partial charge in [-0.3, -0.25) is 9.59 Å². The van der Waals surface area contributed by atoms with Crippen LogP contribution in [0.1, 0.15) is 18.7 Å². The highest BCUT2D eigenvalue weighted by atomic mass is 35.5. The first-order valence-corrected chi connectivity index (χ1v) is 6.56. The van der Waals surface area contributed by atoms with Crippen LogP contribution in [-0.2, 0) is 16.1 Å². The van der Waals surface area contributed by atoms with Gasteiger partial charge in [0, 0.05) is 6.92 Å². The minimum atomic E-state index is -1.08. The number of halogens is 1. The molecule has 0 aliphatic rings. The van der Waals surface area contributed by atoms with Crippen molar-refractivity contribution in [3.8, 4) is 0 Å². The van der Waals surface area contributed by atoms with Crippen LogP contribution in [-0.4, -0.2) is 53.7 Å². The van der Waals surface area contributed by atoms with Crippen molar-refractivity contribution in [2.75, 3.05) is 5.88 Å². The summed E-state index contributed by atoms with van der Waals surface area (Å²) < 4.78 is 1.33. The largest absolute Gasteiger partial charge is 0.481 e. The van der Waals surface area contributed by atoms with Crippen LogP contribution >= 0.6 is 11.6 Å². The van der Waals surface area contributed by atoms with E-state index < -0.39 is 23.0 Å². The predicted molar refractivity (Wildman–Crippen MR) is 74.9 cm³/mol. The Balaban J connectivity index is 0.000000472. The van der Waals surface area contributed by atoms with E-state index in [9.17, 15) is 24.8 Å². The molecular weight excluding hydrogens is 322 g/mol. The van der Waals surface area contributed by atoms with E-state index in [2.05, 4.69) is 4.98 Å². The Kier molecular flexibility index (Phi) is 8.72. The Hall–Kier alpha value is -2.20. The number of carboxylic acid groups (broad SMARTS) is 2. The molecule has 10 nitrogen and oxygen atoms in total. The Morgan fingerprint density at radius 1 is 1.41 bits per heavy atom. The number of hydrogen-bond acceptors (Lipinski definition) is 6. The number of alkyl halides is 1. The van der Waals surface area contributed by atoms with Gasteiger partial charge in [0.25, 0.3) is 0 Å². The average molecular weight is 338 g/mol. The van der Waals surface area contributed by atoms with E-state index in [1.165, 1.54) is 4.57 Å². The van der Waals surface area contributed by atoms with Crippen LogP contribution in [0.3, 0.4) is 0 Å². The summed E-state index contributed by atoms with van der Waals surface area (Å²) in [5, 5.41) is 35.6. The molecule has 0 saturated carbocycles. The van der Waals surface area contributed by atoms with Crippen molar-refractivity contribution in [1.29, 1.82) is 0 Å². The van der Waals surface area contributed by atoms with Gasteiger partial charge in [0.05, 0.1) is 18.7 Å². The van der Waals surface area contributed by atoms with Crippen LogP contribution in [0.5, 0.6) is 0 Å². The molecule has 0 radical (unpaired) electrons. The van der Waals surface area contributed by atoms with Crippen molar-refractivity contribution in [2.24, 2.45) is 0 Å². The lowest BCUT2D eigenvalue weighted by Crippen LogP contribution is -2.19. The van der Waals surface area contributed by atoms with Crippen molar-refractivity contribution in [3.63, 3.8) is 0 Å². The van der Waals surface area contributed by atoms with Gasteiger partial charge in [-0.2, -0.15) is 0 Å². The molecule has 0 aromatic carbocycles. The maximum Gasteiger partial charge on any atom is 0.342 e. The predicted octanol–water partition coefficient (Wildman–Crippen LogP) is 0.635. The van der Waals surface area contributed by atoms with E-state index in [1.54, 1.807) is 6.92 Å². The number of hydrogen-bond donors (Lipinski definition) is 3. The van der Waals surface area contributed by atoms with Crippen LogP contribution in [0.15, 0.2) is 6.20 Å². The van der Waals surface area contributed by atoms with Gasteiger partial charge in [-0.1, -0.05) is 0 Å². The molecule has 11 heteroatoms. The maximum atomic E-state index is 10.5. The molecule has 0 aliphatic carbocycles. The van der Waals surface area contributed by atoms with Gasteiger partial charge in [0.15, 0.2) is 5.82 Å². The van der Waals surface area contributed by atoms with Crippen molar-refractivity contribution < 1.29 is 29.8 Å². The lowest BCUT2D eigenvalue weighted by molar-refractivity contribution is -0.392. The van der Waals surface area contributed by atoms with Crippen LogP contribution in [0, 0.1) is 17.0 Å². The molecule has 0 spiro atoms. The smallest absolute Gasteiger partial charge is 0.342 e. The molecule has 0 bridgehead atoms. The third kappa shape index (κ3) is 7.55. The Bertz CT molecular complexity index is 518. The normalized spacial score (nSPS) is 11.2. The molecule has 0 saturated heterocycles. The maximum absolute atomic E-state index is 10.5. The fourth-order valence-electron chi connectivity index (χ4n) is 1.30. The molecule has 1 heterocycles. The van der Waals surface area contributed by atoms with Crippen molar-refractivity contribution >= 4 is 29.4 Å². The Morgan fingerprint density at radius 2 is 1.91 bits per heavy atom. The number of aromatic nitrogens is 2. The molecule has 1 unspecified atom stereocenters. The number of imidazole rings is 1. The monoisotopic (exact) mass is 337 g/mol. The zero-order chi connectivity index (χ0) is 17.3. The van der Waals surface area contributed by atoms with Gasteiger partial charge in [-0.25, -0.2) is 9.55 Å². The van der Waals surface area contributed by atoms with Crippen molar-refractivity contribution in [1.82, 2.24) is 9.55 Å². The van der Waals surface area contributed by atoms with E-state index in [0.717, 1.165) is 6.20 Å². The SMILES string of the molecule is Cc1ncc([N+](=O)[O-])n1CC(O)CCl.O=C(O)CCC(=O)O. The van der Waals surface area contributed by atoms with Crippen molar-refractivity contribution in [2.45, 2.75) is 32.4 Å².